The Kier molecular flexibility index (Phi) is 7.11. The maximum absolute atomic E-state index is 13.3. The van der Waals surface area contributed by atoms with E-state index < -0.39 is 46.8 Å². The number of imide groups is 1. The van der Waals surface area contributed by atoms with Crippen LogP contribution in [0.3, 0.4) is 0 Å². The summed E-state index contributed by atoms with van der Waals surface area (Å²) in [5.41, 5.74) is -2.59. The van der Waals surface area contributed by atoms with E-state index in [9.17, 15) is 31.9 Å². The summed E-state index contributed by atoms with van der Waals surface area (Å²) in [5.74, 6) is -2.59. The molecule has 8 nitrogen and oxygen atoms in total. The fraction of sp³-hybridized carbons (Fsp3) is 0.273. The van der Waals surface area contributed by atoms with E-state index in [2.05, 4.69) is 22.9 Å². The Hall–Kier alpha value is -3.61. The van der Waals surface area contributed by atoms with E-state index in [1.165, 1.54) is 12.1 Å². The Morgan fingerprint density at radius 3 is 2.23 bits per heavy atom. The molecule has 3 amide bonds. The summed E-state index contributed by atoms with van der Waals surface area (Å²) in [7, 11) is 0. The lowest BCUT2D eigenvalue weighted by Gasteiger charge is -2.39. The zero-order valence-electron chi connectivity index (χ0n) is 18.7. The van der Waals surface area contributed by atoms with E-state index in [4.69, 9.17) is 4.74 Å². The van der Waals surface area contributed by atoms with E-state index >= 15 is 0 Å². The van der Waals surface area contributed by atoms with Gasteiger partial charge in [0, 0.05) is 10.6 Å². The first-order valence-electron chi connectivity index (χ1n) is 10.0. The lowest BCUT2D eigenvalue weighted by molar-refractivity contribution is -0.141. The number of anilines is 2. The molecule has 0 spiro atoms. The number of aromatic nitrogens is 1. The standard InChI is InChI=1S/C22H20F4N4O4S/c1-21(2,3)34-20(33)30-19(32)17(18(31)28-13-6-4-12(23)5-7-13)15(35)11-29(30)14-8-9-16(27-10-14)22(24,25)26/h4-10,35H,11H2,1-3H3,(H,28,31). The molecule has 1 N–H and O–H groups in total. The maximum Gasteiger partial charge on any atom is 0.437 e. The van der Waals surface area contributed by atoms with Crippen LogP contribution in [-0.4, -0.2) is 40.0 Å². The van der Waals surface area contributed by atoms with Crippen LogP contribution in [0.25, 0.3) is 0 Å². The number of amides is 3. The molecule has 0 radical (unpaired) electrons. The predicted molar refractivity (Wildman–Crippen MR) is 121 cm³/mol. The van der Waals surface area contributed by atoms with E-state index in [1.54, 1.807) is 20.8 Å². The van der Waals surface area contributed by atoms with Gasteiger partial charge in [0.05, 0.1) is 18.4 Å². The number of thiol groups is 1. The monoisotopic (exact) mass is 512 g/mol. The number of rotatable bonds is 3. The number of pyridine rings is 1. The Balaban J connectivity index is 2.00. The van der Waals surface area contributed by atoms with E-state index in [1.807, 2.05) is 0 Å². The first-order valence-corrected chi connectivity index (χ1v) is 10.5. The van der Waals surface area contributed by atoms with Crippen molar-refractivity contribution >= 4 is 41.9 Å². The van der Waals surface area contributed by atoms with Crippen molar-refractivity contribution in [3.05, 3.63) is 64.6 Å². The summed E-state index contributed by atoms with van der Waals surface area (Å²) in [6.45, 7) is 4.30. The Morgan fingerprint density at radius 2 is 1.71 bits per heavy atom. The van der Waals surface area contributed by atoms with Crippen molar-refractivity contribution in [2.45, 2.75) is 32.5 Å². The number of hydrogen-bond donors (Lipinski definition) is 2. The minimum absolute atomic E-state index is 0.0539. The molecule has 35 heavy (non-hydrogen) atoms. The predicted octanol–water partition coefficient (Wildman–Crippen LogP) is 4.56. The number of carbonyl (C=O) groups is 3. The number of alkyl halides is 3. The second-order valence-corrected chi connectivity index (χ2v) is 8.88. The fourth-order valence-corrected chi connectivity index (χ4v) is 3.32. The Morgan fingerprint density at radius 1 is 1.09 bits per heavy atom. The summed E-state index contributed by atoms with van der Waals surface area (Å²) in [5, 5.41) is 3.91. The zero-order chi connectivity index (χ0) is 26.1. The highest BCUT2D eigenvalue weighted by molar-refractivity contribution is 7.84. The number of nitrogens with one attached hydrogen (secondary N) is 1. The summed E-state index contributed by atoms with van der Waals surface area (Å²) < 4.78 is 57.2. The van der Waals surface area contributed by atoms with Gasteiger partial charge < -0.3 is 10.1 Å². The molecule has 0 atom stereocenters. The van der Waals surface area contributed by atoms with E-state index in [0.29, 0.717) is 11.1 Å². The van der Waals surface area contributed by atoms with Gasteiger partial charge >= 0.3 is 12.3 Å². The van der Waals surface area contributed by atoms with Gasteiger partial charge in [0.2, 0.25) is 0 Å². The van der Waals surface area contributed by atoms with Gasteiger partial charge in [-0.3, -0.25) is 14.6 Å². The molecule has 186 valence electrons. The normalized spacial score (nSPS) is 14.8. The minimum Gasteiger partial charge on any atom is -0.442 e. The fourth-order valence-electron chi connectivity index (χ4n) is 2.99. The molecule has 0 saturated carbocycles. The molecule has 3 rings (SSSR count). The highest BCUT2D eigenvalue weighted by atomic mass is 32.1. The number of nitrogens with zero attached hydrogens (tertiary/aromatic N) is 3. The van der Waals surface area contributed by atoms with Gasteiger partial charge in [-0.05, 0) is 57.2 Å². The summed E-state index contributed by atoms with van der Waals surface area (Å²) in [6, 6.07) is 6.44. The van der Waals surface area contributed by atoms with Crippen LogP contribution in [0.1, 0.15) is 26.5 Å². The van der Waals surface area contributed by atoms with Crippen LogP contribution in [-0.2, 0) is 20.5 Å². The van der Waals surface area contributed by atoms with Crippen LogP contribution in [0.5, 0.6) is 0 Å². The number of hydrazine groups is 1. The summed E-state index contributed by atoms with van der Waals surface area (Å²) in [4.78, 5) is 42.4. The second-order valence-electron chi connectivity index (χ2n) is 8.34. The number of hydrogen-bond acceptors (Lipinski definition) is 7. The third kappa shape index (κ3) is 6.10. The van der Waals surface area contributed by atoms with Gasteiger partial charge in [0.25, 0.3) is 11.8 Å². The van der Waals surface area contributed by atoms with E-state index in [-0.39, 0.29) is 22.8 Å². The van der Waals surface area contributed by atoms with Crippen molar-refractivity contribution in [2.24, 2.45) is 0 Å². The van der Waals surface area contributed by atoms with Crippen LogP contribution >= 0.6 is 12.6 Å². The molecular formula is C22H20F4N4O4S. The molecule has 2 aromatic rings. The quantitative estimate of drug-likeness (QED) is 0.356. The van der Waals surface area contributed by atoms with Crippen LogP contribution in [0, 0.1) is 5.82 Å². The first kappa shape index (κ1) is 26.0. The Bertz CT molecular complexity index is 1180. The highest BCUT2D eigenvalue weighted by Gasteiger charge is 2.42. The second kappa shape index (κ2) is 9.56. The molecule has 1 aromatic heterocycles. The lowest BCUT2D eigenvalue weighted by Crippen LogP contribution is -2.57. The number of benzene rings is 1. The highest BCUT2D eigenvalue weighted by Crippen LogP contribution is 2.32. The molecular weight excluding hydrogens is 492 g/mol. The van der Waals surface area contributed by atoms with Crippen molar-refractivity contribution in [1.29, 1.82) is 0 Å². The smallest absolute Gasteiger partial charge is 0.437 e. The average molecular weight is 512 g/mol. The van der Waals surface area contributed by atoms with Gasteiger partial charge in [-0.15, -0.1) is 17.6 Å². The molecule has 0 bridgehead atoms. The number of carbonyl (C=O) groups excluding carboxylic acids is 3. The average Bonchev–Trinajstić information content (AvgIpc) is 2.73. The molecule has 0 unspecified atom stereocenters. The van der Waals surface area contributed by atoms with Crippen LogP contribution < -0.4 is 10.3 Å². The Labute approximate surface area is 202 Å². The van der Waals surface area contributed by atoms with Gasteiger partial charge in [0.1, 0.15) is 22.7 Å². The van der Waals surface area contributed by atoms with E-state index in [0.717, 1.165) is 29.4 Å². The van der Waals surface area contributed by atoms with Crippen molar-refractivity contribution in [3.8, 4) is 0 Å². The van der Waals surface area contributed by atoms with Crippen LogP contribution in [0.15, 0.2) is 53.1 Å². The maximum atomic E-state index is 13.3. The molecule has 0 saturated heterocycles. The molecule has 1 aliphatic rings. The SMILES string of the molecule is CC(C)(C)OC(=O)N1C(=O)C(C(=O)Nc2ccc(F)cc2)=C(S)CN1c1ccc(C(F)(F)F)nc1. The van der Waals surface area contributed by atoms with Gasteiger partial charge in [-0.25, -0.2) is 14.2 Å². The summed E-state index contributed by atoms with van der Waals surface area (Å²) in [6.07, 6.45) is -5.03. The third-order valence-electron chi connectivity index (χ3n) is 4.47. The zero-order valence-corrected chi connectivity index (χ0v) is 19.6. The molecule has 2 heterocycles. The van der Waals surface area contributed by atoms with Gasteiger partial charge in [0.15, 0.2) is 0 Å². The topological polar surface area (TPSA) is 91.8 Å². The molecule has 0 aliphatic carbocycles. The first-order chi connectivity index (χ1) is 16.2. The van der Waals surface area contributed by atoms with Crippen LogP contribution in [0.4, 0.5) is 33.7 Å². The molecule has 1 aliphatic heterocycles. The number of ether oxygens (including phenoxy) is 1. The van der Waals surface area contributed by atoms with Crippen LogP contribution in [0.2, 0.25) is 0 Å². The van der Waals surface area contributed by atoms with Crippen molar-refractivity contribution in [2.75, 3.05) is 16.9 Å². The number of halogens is 4. The van der Waals surface area contributed by atoms with Gasteiger partial charge in [-0.1, -0.05) is 0 Å². The third-order valence-corrected chi connectivity index (χ3v) is 4.83. The lowest BCUT2D eigenvalue weighted by atomic mass is 10.1. The minimum atomic E-state index is -4.69. The van der Waals surface area contributed by atoms with Crippen molar-refractivity contribution in [3.63, 3.8) is 0 Å². The summed E-state index contributed by atoms with van der Waals surface area (Å²) >= 11 is 4.23. The molecule has 1 aromatic carbocycles. The largest absolute Gasteiger partial charge is 0.442 e. The van der Waals surface area contributed by atoms with Gasteiger partial charge in [-0.2, -0.15) is 13.2 Å². The van der Waals surface area contributed by atoms with Crippen molar-refractivity contribution < 1.29 is 36.7 Å². The van der Waals surface area contributed by atoms with Crippen molar-refractivity contribution in [1.82, 2.24) is 9.99 Å². The molecule has 13 heteroatoms. The molecule has 0 fully saturated rings.